The Morgan fingerprint density at radius 1 is 1.06 bits per heavy atom. The molecule has 32 heavy (non-hydrogen) atoms. The number of aromatic nitrogens is 3. The highest BCUT2D eigenvalue weighted by atomic mass is 35.5. The van der Waals surface area contributed by atoms with Gasteiger partial charge in [-0.2, -0.15) is 5.10 Å². The van der Waals surface area contributed by atoms with E-state index in [-0.39, 0.29) is 5.91 Å². The van der Waals surface area contributed by atoms with E-state index in [1.807, 2.05) is 54.6 Å². The molecule has 2 aromatic carbocycles. The van der Waals surface area contributed by atoms with Crippen LogP contribution in [0.4, 0.5) is 0 Å². The number of nitrogens with one attached hydrogen (secondary N) is 2. The molecule has 4 rings (SSSR count). The van der Waals surface area contributed by atoms with Gasteiger partial charge in [-0.25, -0.2) is 4.98 Å². The number of hydrogen-bond acceptors (Lipinski definition) is 4. The van der Waals surface area contributed by atoms with Crippen molar-refractivity contribution in [3.05, 3.63) is 65.2 Å². The van der Waals surface area contributed by atoms with Crippen molar-refractivity contribution in [2.24, 2.45) is 0 Å². The maximum Gasteiger partial charge on any atom is 0.252 e. The van der Waals surface area contributed by atoms with Gasteiger partial charge in [0.1, 0.15) is 5.75 Å². The van der Waals surface area contributed by atoms with Crippen LogP contribution in [0.15, 0.2) is 54.6 Å². The maximum absolute atomic E-state index is 13.2. The fraction of sp³-hybridized carbons (Fsp3) is 0.240. The van der Waals surface area contributed by atoms with E-state index in [0.717, 1.165) is 41.8 Å². The minimum Gasteiger partial charge on any atom is -0.497 e. The van der Waals surface area contributed by atoms with Gasteiger partial charge in [-0.3, -0.25) is 9.89 Å². The summed E-state index contributed by atoms with van der Waals surface area (Å²) in [6, 6.07) is 16.8. The quantitative estimate of drug-likeness (QED) is 0.330. The summed E-state index contributed by atoms with van der Waals surface area (Å²) in [6.07, 6.45) is 3.11. The molecule has 0 aliphatic heterocycles. The summed E-state index contributed by atoms with van der Waals surface area (Å²) < 4.78 is 5.25. The van der Waals surface area contributed by atoms with Crippen molar-refractivity contribution in [1.29, 1.82) is 0 Å². The number of carbonyl (C=O) groups is 1. The predicted octanol–water partition coefficient (Wildman–Crippen LogP) is 5.87. The van der Waals surface area contributed by atoms with Gasteiger partial charge in [0.2, 0.25) is 0 Å². The van der Waals surface area contributed by atoms with Gasteiger partial charge in [0.15, 0.2) is 5.65 Å². The molecule has 0 atom stereocenters. The van der Waals surface area contributed by atoms with Crippen molar-refractivity contribution >= 4 is 28.5 Å². The van der Waals surface area contributed by atoms with Gasteiger partial charge in [0, 0.05) is 22.7 Å². The third-order valence-electron chi connectivity index (χ3n) is 5.35. The van der Waals surface area contributed by atoms with E-state index in [1.54, 1.807) is 7.11 Å². The molecule has 1 amide bonds. The third-order valence-corrected chi connectivity index (χ3v) is 5.61. The molecule has 0 saturated carbocycles. The number of benzene rings is 2. The van der Waals surface area contributed by atoms with Crippen molar-refractivity contribution in [2.75, 3.05) is 13.7 Å². The molecule has 2 N–H and O–H groups in total. The van der Waals surface area contributed by atoms with Crippen molar-refractivity contribution < 1.29 is 9.53 Å². The molecule has 0 unspecified atom stereocenters. The minimum atomic E-state index is -0.139. The molecule has 0 aliphatic rings. The highest BCUT2D eigenvalue weighted by molar-refractivity contribution is 6.30. The highest BCUT2D eigenvalue weighted by Gasteiger charge is 2.20. The molecular formula is C25H25ClN4O2. The van der Waals surface area contributed by atoms with Crippen molar-refractivity contribution in [2.45, 2.75) is 26.2 Å². The van der Waals surface area contributed by atoms with Crippen LogP contribution < -0.4 is 10.1 Å². The fourth-order valence-electron chi connectivity index (χ4n) is 3.61. The third kappa shape index (κ3) is 4.60. The smallest absolute Gasteiger partial charge is 0.252 e. The number of ether oxygens (including phenoxy) is 1. The lowest BCUT2D eigenvalue weighted by atomic mass is 10.0. The Hall–Kier alpha value is -3.38. The number of nitrogens with zero attached hydrogens (tertiary/aromatic N) is 2. The summed E-state index contributed by atoms with van der Waals surface area (Å²) in [5, 5.41) is 11.9. The number of unbranched alkanes of at least 4 members (excludes halogenated alkanes) is 2. The van der Waals surface area contributed by atoms with Crippen LogP contribution in [0.3, 0.4) is 0 Å². The molecule has 0 spiro atoms. The lowest BCUT2D eigenvalue weighted by Crippen LogP contribution is -2.24. The Morgan fingerprint density at radius 3 is 2.47 bits per heavy atom. The molecule has 0 bridgehead atoms. The van der Waals surface area contributed by atoms with Gasteiger partial charge in [0.05, 0.1) is 29.4 Å². The molecule has 2 heterocycles. The van der Waals surface area contributed by atoms with Crippen LogP contribution in [0.25, 0.3) is 33.5 Å². The van der Waals surface area contributed by atoms with E-state index in [9.17, 15) is 4.79 Å². The van der Waals surface area contributed by atoms with Gasteiger partial charge < -0.3 is 10.1 Å². The lowest BCUT2D eigenvalue weighted by Gasteiger charge is -2.10. The average molecular weight is 449 g/mol. The number of amides is 1. The molecule has 0 aliphatic carbocycles. The van der Waals surface area contributed by atoms with Gasteiger partial charge in [0.25, 0.3) is 5.91 Å². The zero-order valence-corrected chi connectivity index (χ0v) is 18.9. The second kappa shape index (κ2) is 9.83. The van der Waals surface area contributed by atoms with Crippen molar-refractivity contribution in [1.82, 2.24) is 20.5 Å². The summed E-state index contributed by atoms with van der Waals surface area (Å²) in [5.74, 6) is 0.619. The molecule has 0 saturated heterocycles. The Labute approximate surface area is 192 Å². The van der Waals surface area contributed by atoms with E-state index in [1.165, 1.54) is 0 Å². The van der Waals surface area contributed by atoms with Crippen LogP contribution in [-0.2, 0) is 0 Å². The van der Waals surface area contributed by atoms with Crippen molar-refractivity contribution in [3.8, 4) is 28.3 Å². The summed E-state index contributed by atoms with van der Waals surface area (Å²) in [5.41, 5.74) is 4.20. The topological polar surface area (TPSA) is 79.9 Å². The van der Waals surface area contributed by atoms with Gasteiger partial charge in [-0.15, -0.1) is 0 Å². The van der Waals surface area contributed by atoms with Gasteiger partial charge in [-0.05, 0) is 48.9 Å². The maximum atomic E-state index is 13.2. The molecule has 0 radical (unpaired) electrons. The first-order valence-electron chi connectivity index (χ1n) is 10.7. The summed E-state index contributed by atoms with van der Waals surface area (Å²) in [6.45, 7) is 2.77. The fourth-order valence-corrected chi connectivity index (χ4v) is 3.74. The molecule has 4 aromatic rings. The average Bonchev–Trinajstić information content (AvgIpc) is 3.26. The molecule has 0 fully saturated rings. The normalized spacial score (nSPS) is 11.0. The molecule has 164 valence electrons. The van der Waals surface area contributed by atoms with E-state index in [2.05, 4.69) is 22.4 Å². The zero-order valence-electron chi connectivity index (χ0n) is 18.1. The number of methoxy groups -OCH3 is 1. The largest absolute Gasteiger partial charge is 0.497 e. The number of fused-ring (bicyclic) bond motifs is 1. The van der Waals surface area contributed by atoms with E-state index in [0.29, 0.717) is 33.9 Å². The number of halogens is 1. The summed E-state index contributed by atoms with van der Waals surface area (Å²) in [7, 11) is 1.63. The number of pyridine rings is 1. The van der Waals surface area contributed by atoms with E-state index < -0.39 is 0 Å². The SMILES string of the molecule is CCCCCNC(=O)c1cc(-c2ccc(OC)cc2)nc2n[nH]c(-c3ccc(Cl)cc3)c12. The summed E-state index contributed by atoms with van der Waals surface area (Å²) in [4.78, 5) is 17.9. The number of aromatic amines is 1. The van der Waals surface area contributed by atoms with E-state index >= 15 is 0 Å². The Balaban J connectivity index is 1.80. The number of hydrogen-bond donors (Lipinski definition) is 2. The monoisotopic (exact) mass is 448 g/mol. The first-order chi connectivity index (χ1) is 15.6. The van der Waals surface area contributed by atoms with Crippen LogP contribution in [0.1, 0.15) is 36.5 Å². The van der Waals surface area contributed by atoms with E-state index in [4.69, 9.17) is 21.3 Å². The lowest BCUT2D eigenvalue weighted by molar-refractivity contribution is 0.0954. The molecule has 2 aromatic heterocycles. The Kier molecular flexibility index (Phi) is 6.71. The number of rotatable bonds is 8. The van der Waals surface area contributed by atoms with Crippen LogP contribution in [0.5, 0.6) is 5.75 Å². The standard InChI is InChI=1S/C25H25ClN4O2/c1-3-4-5-14-27-25(31)20-15-21(16-8-12-19(32-2)13-9-16)28-24-22(20)23(29-30-24)17-6-10-18(26)11-7-17/h6-13,15H,3-5,14H2,1-2H3,(H,27,31)(H,28,29,30). The van der Waals surface area contributed by atoms with Gasteiger partial charge >= 0.3 is 0 Å². The predicted molar refractivity (Wildman–Crippen MR) is 128 cm³/mol. The molecular weight excluding hydrogens is 424 g/mol. The van der Waals surface area contributed by atoms with Gasteiger partial charge in [-0.1, -0.05) is 43.5 Å². The summed E-state index contributed by atoms with van der Waals surface area (Å²) >= 11 is 6.05. The highest BCUT2D eigenvalue weighted by Crippen LogP contribution is 2.32. The molecule has 6 nitrogen and oxygen atoms in total. The number of carbonyl (C=O) groups excluding carboxylic acids is 1. The second-order valence-corrected chi connectivity index (χ2v) is 7.99. The van der Waals surface area contributed by atoms with Crippen LogP contribution >= 0.6 is 11.6 Å². The zero-order chi connectivity index (χ0) is 22.5. The Morgan fingerprint density at radius 2 is 1.78 bits per heavy atom. The minimum absolute atomic E-state index is 0.139. The van der Waals surface area contributed by atoms with Crippen LogP contribution in [0.2, 0.25) is 5.02 Å². The first-order valence-corrected chi connectivity index (χ1v) is 11.1. The van der Waals surface area contributed by atoms with Crippen molar-refractivity contribution in [3.63, 3.8) is 0 Å². The Bertz CT molecular complexity index is 1220. The van der Waals surface area contributed by atoms with Crippen LogP contribution in [0, 0.1) is 0 Å². The number of H-pyrrole nitrogens is 1. The molecule has 7 heteroatoms. The first kappa shape index (κ1) is 21.8. The second-order valence-electron chi connectivity index (χ2n) is 7.55. The van der Waals surface area contributed by atoms with Crippen LogP contribution in [-0.4, -0.2) is 34.7 Å².